The lowest BCUT2D eigenvalue weighted by atomic mass is 10.1. The summed E-state index contributed by atoms with van der Waals surface area (Å²) in [6.07, 6.45) is 1.73. The summed E-state index contributed by atoms with van der Waals surface area (Å²) < 4.78 is 5.85. The van der Waals surface area contributed by atoms with Crippen molar-refractivity contribution in [2.75, 3.05) is 19.6 Å². The van der Waals surface area contributed by atoms with Gasteiger partial charge in [0, 0.05) is 11.9 Å². The first-order valence-corrected chi connectivity index (χ1v) is 8.46. The normalized spacial score (nSPS) is 14.5. The number of hydrogen-bond donors (Lipinski definition) is 1. The number of urea groups is 1. The molecular formula is C18H18Cl2N2O2. The number of benzene rings is 2. The highest BCUT2D eigenvalue weighted by atomic mass is 35.5. The van der Waals surface area contributed by atoms with E-state index >= 15 is 0 Å². The van der Waals surface area contributed by atoms with Crippen molar-refractivity contribution in [2.24, 2.45) is 0 Å². The van der Waals surface area contributed by atoms with Gasteiger partial charge in [-0.2, -0.15) is 0 Å². The molecule has 0 atom stereocenters. The van der Waals surface area contributed by atoms with E-state index < -0.39 is 0 Å². The van der Waals surface area contributed by atoms with Crippen LogP contribution in [-0.2, 0) is 11.3 Å². The number of halogens is 2. The summed E-state index contributed by atoms with van der Waals surface area (Å²) in [7, 11) is 0. The molecule has 3 rings (SSSR count). The molecule has 6 heteroatoms. The van der Waals surface area contributed by atoms with Gasteiger partial charge in [-0.3, -0.25) is 0 Å². The van der Waals surface area contributed by atoms with Crippen LogP contribution in [0.1, 0.15) is 5.56 Å². The van der Waals surface area contributed by atoms with Crippen molar-refractivity contribution in [2.45, 2.75) is 12.7 Å². The Labute approximate surface area is 151 Å². The third-order valence-corrected chi connectivity index (χ3v) is 4.81. The van der Waals surface area contributed by atoms with Gasteiger partial charge >= 0.3 is 6.03 Å². The van der Waals surface area contributed by atoms with Gasteiger partial charge < -0.3 is 15.0 Å². The molecule has 1 heterocycles. The third-order valence-electron chi connectivity index (χ3n) is 3.99. The second-order valence-electron chi connectivity index (χ2n) is 5.73. The van der Waals surface area contributed by atoms with Crippen LogP contribution >= 0.6 is 23.2 Å². The molecule has 0 unspecified atom stereocenters. The Morgan fingerprint density at radius 3 is 2.88 bits per heavy atom. The standard InChI is InChI=1S/C18H18Cl2N2O2/c1-2-7-21-18(23)22-9-14(10-22)24-11-12-3-5-15-13(8-12)4-6-16(19)17(15)20/h2-6,8,14H,1,7,9-11H2,(H,21,23). The van der Waals surface area contributed by atoms with Gasteiger partial charge in [0.1, 0.15) is 0 Å². The molecule has 0 aromatic heterocycles. The molecule has 0 radical (unpaired) electrons. The molecule has 1 fully saturated rings. The molecular weight excluding hydrogens is 347 g/mol. The van der Waals surface area contributed by atoms with Gasteiger partial charge in [-0.1, -0.05) is 47.5 Å². The highest BCUT2D eigenvalue weighted by molar-refractivity contribution is 6.45. The maximum atomic E-state index is 11.7. The van der Waals surface area contributed by atoms with E-state index in [9.17, 15) is 4.79 Å². The molecule has 2 amide bonds. The zero-order chi connectivity index (χ0) is 17.1. The minimum atomic E-state index is -0.0769. The Bertz CT molecular complexity index is 773. The minimum absolute atomic E-state index is 0.0731. The van der Waals surface area contributed by atoms with E-state index in [-0.39, 0.29) is 12.1 Å². The van der Waals surface area contributed by atoms with Crippen LogP contribution < -0.4 is 5.32 Å². The number of likely N-dealkylation sites (tertiary alicyclic amines) is 1. The fraction of sp³-hybridized carbons (Fsp3) is 0.278. The number of amides is 2. The number of carbonyl (C=O) groups excluding carboxylic acids is 1. The van der Waals surface area contributed by atoms with Gasteiger partial charge in [-0.05, 0) is 23.1 Å². The molecule has 2 aromatic carbocycles. The lowest BCUT2D eigenvalue weighted by Crippen LogP contribution is -2.57. The van der Waals surface area contributed by atoms with E-state index in [4.69, 9.17) is 27.9 Å². The molecule has 0 bridgehead atoms. The number of carbonyl (C=O) groups is 1. The van der Waals surface area contributed by atoms with E-state index in [1.807, 2.05) is 24.3 Å². The predicted molar refractivity (Wildman–Crippen MR) is 97.7 cm³/mol. The lowest BCUT2D eigenvalue weighted by Gasteiger charge is -2.38. The van der Waals surface area contributed by atoms with E-state index in [0.717, 1.165) is 16.3 Å². The molecule has 126 valence electrons. The smallest absolute Gasteiger partial charge is 0.317 e. The first-order valence-electron chi connectivity index (χ1n) is 7.70. The second-order valence-corrected chi connectivity index (χ2v) is 6.51. The van der Waals surface area contributed by atoms with Crippen LogP contribution in [0.3, 0.4) is 0 Å². The average molecular weight is 365 g/mol. The van der Waals surface area contributed by atoms with E-state index in [0.29, 0.717) is 36.3 Å². The summed E-state index contributed by atoms with van der Waals surface area (Å²) in [5.74, 6) is 0. The first kappa shape index (κ1) is 17.1. The number of fused-ring (bicyclic) bond motifs is 1. The largest absolute Gasteiger partial charge is 0.370 e. The lowest BCUT2D eigenvalue weighted by molar-refractivity contribution is -0.0440. The highest BCUT2D eigenvalue weighted by Crippen LogP contribution is 2.31. The average Bonchev–Trinajstić information content (AvgIpc) is 2.55. The summed E-state index contributed by atoms with van der Waals surface area (Å²) in [6, 6.07) is 9.65. The van der Waals surface area contributed by atoms with Crippen molar-refractivity contribution in [3.8, 4) is 0 Å². The van der Waals surface area contributed by atoms with E-state index in [2.05, 4.69) is 11.9 Å². The molecule has 0 spiro atoms. The molecule has 0 aliphatic carbocycles. The van der Waals surface area contributed by atoms with Crippen molar-refractivity contribution in [1.82, 2.24) is 10.2 Å². The fourth-order valence-corrected chi connectivity index (χ4v) is 3.00. The van der Waals surface area contributed by atoms with Crippen LogP contribution in [0.2, 0.25) is 10.0 Å². The summed E-state index contributed by atoms with van der Waals surface area (Å²) in [5, 5.41) is 5.84. The number of nitrogens with one attached hydrogen (secondary N) is 1. The van der Waals surface area contributed by atoms with Crippen molar-refractivity contribution in [3.05, 3.63) is 58.6 Å². The van der Waals surface area contributed by atoms with Gasteiger partial charge in [-0.15, -0.1) is 6.58 Å². The van der Waals surface area contributed by atoms with Crippen molar-refractivity contribution >= 4 is 40.0 Å². The SMILES string of the molecule is C=CCNC(=O)N1CC(OCc2ccc3c(Cl)c(Cl)ccc3c2)C1. The van der Waals surface area contributed by atoms with Crippen LogP contribution in [0.5, 0.6) is 0 Å². The van der Waals surface area contributed by atoms with Gasteiger partial charge in [-0.25, -0.2) is 4.79 Å². The second kappa shape index (κ2) is 7.43. The van der Waals surface area contributed by atoms with Crippen LogP contribution in [0.25, 0.3) is 10.8 Å². The Hall–Kier alpha value is -1.75. The third kappa shape index (κ3) is 3.66. The van der Waals surface area contributed by atoms with E-state index in [1.165, 1.54) is 0 Å². The zero-order valence-electron chi connectivity index (χ0n) is 13.1. The van der Waals surface area contributed by atoms with Crippen molar-refractivity contribution in [1.29, 1.82) is 0 Å². The Kier molecular flexibility index (Phi) is 5.29. The summed E-state index contributed by atoms with van der Waals surface area (Å²) >= 11 is 12.2. The molecule has 2 aromatic rings. The quantitative estimate of drug-likeness (QED) is 0.806. The van der Waals surface area contributed by atoms with Gasteiger partial charge in [0.15, 0.2) is 0 Å². The first-order chi connectivity index (χ1) is 11.6. The van der Waals surface area contributed by atoms with Crippen LogP contribution in [0.15, 0.2) is 43.0 Å². The maximum absolute atomic E-state index is 11.7. The Morgan fingerprint density at radius 1 is 1.33 bits per heavy atom. The molecule has 4 nitrogen and oxygen atoms in total. The van der Waals surface area contributed by atoms with Crippen molar-refractivity contribution in [3.63, 3.8) is 0 Å². The van der Waals surface area contributed by atoms with E-state index in [1.54, 1.807) is 17.0 Å². The van der Waals surface area contributed by atoms with Gasteiger partial charge in [0.25, 0.3) is 0 Å². The summed E-state index contributed by atoms with van der Waals surface area (Å²) in [6.45, 7) is 5.77. The monoisotopic (exact) mass is 364 g/mol. The molecule has 1 saturated heterocycles. The molecule has 24 heavy (non-hydrogen) atoms. The summed E-state index contributed by atoms with van der Waals surface area (Å²) in [4.78, 5) is 13.4. The number of hydrogen-bond acceptors (Lipinski definition) is 2. The minimum Gasteiger partial charge on any atom is -0.370 e. The van der Waals surface area contributed by atoms with Gasteiger partial charge in [0.05, 0.1) is 35.8 Å². The highest BCUT2D eigenvalue weighted by Gasteiger charge is 2.30. The maximum Gasteiger partial charge on any atom is 0.317 e. The van der Waals surface area contributed by atoms with Crippen LogP contribution in [-0.4, -0.2) is 36.7 Å². The fourth-order valence-electron chi connectivity index (χ4n) is 2.60. The summed E-state index contributed by atoms with van der Waals surface area (Å²) in [5.41, 5.74) is 1.07. The topological polar surface area (TPSA) is 41.6 Å². The van der Waals surface area contributed by atoms with Gasteiger partial charge in [0.2, 0.25) is 0 Å². The number of rotatable bonds is 5. The number of nitrogens with zero attached hydrogens (tertiary/aromatic N) is 1. The number of ether oxygens (including phenoxy) is 1. The molecule has 0 saturated carbocycles. The molecule has 1 aliphatic heterocycles. The molecule has 1 aliphatic rings. The van der Waals surface area contributed by atoms with Crippen LogP contribution in [0, 0.1) is 0 Å². The molecule has 1 N–H and O–H groups in total. The predicted octanol–water partition coefficient (Wildman–Crippen LogP) is 4.24. The van der Waals surface area contributed by atoms with Crippen molar-refractivity contribution < 1.29 is 9.53 Å². The Balaban J connectivity index is 1.53. The van der Waals surface area contributed by atoms with Crippen LogP contribution in [0.4, 0.5) is 4.79 Å². The zero-order valence-corrected chi connectivity index (χ0v) is 14.6. The Morgan fingerprint density at radius 2 is 2.12 bits per heavy atom.